The van der Waals surface area contributed by atoms with Crippen molar-refractivity contribution >= 4 is 5.91 Å². The van der Waals surface area contributed by atoms with Gasteiger partial charge in [0.15, 0.2) is 0 Å². The molecule has 0 atom stereocenters. The normalized spacial score (nSPS) is 15.3. The standard InChI is InChI=1S/C18H20F3N3O3/c1-26-24(15(25)10-12-4-2-3-5-12)11-13-6-8-14(9-7-13)16-22-17(27-23-16)18(19,20)21/h6-9,12H,2-5,10-11H2,1H3. The Kier molecular flexibility index (Phi) is 5.79. The fraction of sp³-hybridized carbons (Fsp3) is 0.500. The van der Waals surface area contributed by atoms with Crippen molar-refractivity contribution in [2.24, 2.45) is 5.92 Å². The van der Waals surface area contributed by atoms with Crippen LogP contribution in [0.3, 0.4) is 0 Å². The first-order valence-electron chi connectivity index (χ1n) is 8.71. The average Bonchev–Trinajstić information content (AvgIpc) is 3.31. The molecule has 1 aromatic carbocycles. The Morgan fingerprint density at radius 3 is 2.48 bits per heavy atom. The molecule has 1 amide bonds. The van der Waals surface area contributed by atoms with Gasteiger partial charge in [0.1, 0.15) is 0 Å². The average molecular weight is 383 g/mol. The number of hydroxylamine groups is 2. The van der Waals surface area contributed by atoms with Crippen LogP contribution in [0.15, 0.2) is 28.8 Å². The molecule has 9 heteroatoms. The lowest BCUT2D eigenvalue weighted by molar-refractivity contribution is -0.180. The molecule has 1 aliphatic carbocycles. The van der Waals surface area contributed by atoms with Gasteiger partial charge in [0.2, 0.25) is 11.7 Å². The van der Waals surface area contributed by atoms with Crippen molar-refractivity contribution in [2.45, 2.75) is 44.8 Å². The van der Waals surface area contributed by atoms with Crippen molar-refractivity contribution < 1.29 is 27.3 Å². The number of hydrogen-bond donors (Lipinski definition) is 0. The van der Waals surface area contributed by atoms with Crippen molar-refractivity contribution in [2.75, 3.05) is 7.11 Å². The number of amides is 1. The van der Waals surface area contributed by atoms with E-state index >= 15 is 0 Å². The minimum Gasteiger partial charge on any atom is -0.329 e. The van der Waals surface area contributed by atoms with Crippen LogP contribution in [0.5, 0.6) is 0 Å². The number of benzene rings is 1. The molecule has 2 aromatic rings. The highest BCUT2D eigenvalue weighted by molar-refractivity contribution is 5.75. The maximum absolute atomic E-state index is 12.5. The Morgan fingerprint density at radius 2 is 1.93 bits per heavy atom. The van der Waals surface area contributed by atoms with E-state index in [0.717, 1.165) is 18.4 Å². The van der Waals surface area contributed by atoms with Crippen LogP contribution in [0, 0.1) is 5.92 Å². The summed E-state index contributed by atoms with van der Waals surface area (Å²) < 4.78 is 41.8. The fourth-order valence-electron chi connectivity index (χ4n) is 3.20. The molecule has 0 N–H and O–H groups in total. The second-order valence-corrected chi connectivity index (χ2v) is 6.59. The first kappa shape index (κ1) is 19.3. The minimum absolute atomic E-state index is 0.0681. The molecule has 146 valence electrons. The molecule has 0 bridgehead atoms. The van der Waals surface area contributed by atoms with Crippen molar-refractivity contribution in [3.05, 3.63) is 35.7 Å². The van der Waals surface area contributed by atoms with Crippen LogP contribution in [0.2, 0.25) is 0 Å². The Hall–Kier alpha value is -2.42. The highest BCUT2D eigenvalue weighted by Gasteiger charge is 2.38. The van der Waals surface area contributed by atoms with E-state index in [-0.39, 0.29) is 18.3 Å². The fourth-order valence-corrected chi connectivity index (χ4v) is 3.20. The summed E-state index contributed by atoms with van der Waals surface area (Å²) in [4.78, 5) is 20.9. The number of alkyl halides is 3. The van der Waals surface area contributed by atoms with Crippen LogP contribution in [0.1, 0.15) is 43.6 Å². The van der Waals surface area contributed by atoms with E-state index in [4.69, 9.17) is 4.84 Å². The van der Waals surface area contributed by atoms with E-state index in [1.807, 2.05) is 0 Å². The van der Waals surface area contributed by atoms with Crippen molar-refractivity contribution in [1.29, 1.82) is 0 Å². The largest absolute Gasteiger partial charge is 0.471 e. The molecule has 1 aromatic heterocycles. The minimum atomic E-state index is -4.68. The Labute approximate surface area is 154 Å². The lowest BCUT2D eigenvalue weighted by Crippen LogP contribution is -2.30. The lowest BCUT2D eigenvalue weighted by Gasteiger charge is -2.21. The zero-order valence-electron chi connectivity index (χ0n) is 14.8. The summed E-state index contributed by atoms with van der Waals surface area (Å²) in [7, 11) is 1.44. The molecular weight excluding hydrogens is 363 g/mol. The number of rotatable bonds is 6. The van der Waals surface area contributed by atoms with Crippen molar-refractivity contribution in [1.82, 2.24) is 15.2 Å². The zero-order valence-corrected chi connectivity index (χ0v) is 14.8. The molecule has 1 fully saturated rings. The van der Waals surface area contributed by atoms with Gasteiger partial charge in [-0.3, -0.25) is 9.63 Å². The zero-order chi connectivity index (χ0) is 19.4. The Morgan fingerprint density at radius 1 is 1.26 bits per heavy atom. The van der Waals surface area contributed by atoms with E-state index in [1.54, 1.807) is 24.3 Å². The Bertz CT molecular complexity index is 768. The molecular formula is C18H20F3N3O3. The summed E-state index contributed by atoms with van der Waals surface area (Å²) in [6.45, 7) is 0.252. The van der Waals surface area contributed by atoms with Crippen molar-refractivity contribution in [3.63, 3.8) is 0 Å². The molecule has 6 nitrogen and oxygen atoms in total. The molecule has 0 saturated heterocycles. The van der Waals surface area contributed by atoms with Crippen LogP contribution < -0.4 is 0 Å². The van der Waals surface area contributed by atoms with Gasteiger partial charge in [-0.2, -0.15) is 18.2 Å². The SMILES string of the molecule is CON(Cc1ccc(-c2noc(C(F)(F)F)n2)cc1)C(=O)CC1CCCC1. The highest BCUT2D eigenvalue weighted by atomic mass is 19.4. The second kappa shape index (κ2) is 8.08. The van der Waals surface area contributed by atoms with Gasteiger partial charge in [-0.25, -0.2) is 5.06 Å². The monoisotopic (exact) mass is 383 g/mol. The molecule has 1 saturated carbocycles. The van der Waals surface area contributed by atoms with Crippen molar-refractivity contribution in [3.8, 4) is 11.4 Å². The predicted molar refractivity (Wildman–Crippen MR) is 88.9 cm³/mol. The van der Waals surface area contributed by atoms with Gasteiger partial charge in [-0.15, -0.1) is 0 Å². The molecule has 0 radical (unpaired) electrons. The van der Waals surface area contributed by atoms with Gasteiger partial charge < -0.3 is 4.52 Å². The van der Waals surface area contributed by atoms with Crippen LogP contribution in [0.4, 0.5) is 13.2 Å². The van der Waals surface area contributed by atoms with Gasteiger partial charge in [0, 0.05) is 12.0 Å². The number of halogens is 3. The number of hydrogen-bond acceptors (Lipinski definition) is 5. The van der Waals surface area contributed by atoms with Crippen LogP contribution in [-0.2, 0) is 22.4 Å². The quantitative estimate of drug-likeness (QED) is 0.699. The number of nitrogens with zero attached hydrogens (tertiary/aromatic N) is 3. The molecule has 0 spiro atoms. The van der Waals surface area contributed by atoms with Crippen LogP contribution in [-0.4, -0.2) is 28.2 Å². The van der Waals surface area contributed by atoms with Gasteiger partial charge >= 0.3 is 12.1 Å². The van der Waals surface area contributed by atoms with Gasteiger partial charge in [0.05, 0.1) is 13.7 Å². The van der Waals surface area contributed by atoms with E-state index in [9.17, 15) is 18.0 Å². The third-order valence-corrected chi connectivity index (χ3v) is 4.64. The molecule has 1 heterocycles. The third-order valence-electron chi connectivity index (χ3n) is 4.64. The first-order chi connectivity index (χ1) is 12.9. The predicted octanol–water partition coefficient (Wildman–Crippen LogP) is 4.23. The van der Waals surface area contributed by atoms with E-state index in [2.05, 4.69) is 14.7 Å². The second-order valence-electron chi connectivity index (χ2n) is 6.59. The highest BCUT2D eigenvalue weighted by Crippen LogP contribution is 2.30. The third kappa shape index (κ3) is 4.85. The summed E-state index contributed by atoms with van der Waals surface area (Å²) >= 11 is 0. The molecule has 0 aliphatic heterocycles. The first-order valence-corrected chi connectivity index (χ1v) is 8.71. The smallest absolute Gasteiger partial charge is 0.329 e. The van der Waals surface area contributed by atoms with E-state index in [1.165, 1.54) is 25.0 Å². The number of aromatic nitrogens is 2. The van der Waals surface area contributed by atoms with Gasteiger partial charge in [-0.1, -0.05) is 42.3 Å². The van der Waals surface area contributed by atoms with E-state index < -0.39 is 12.1 Å². The summed E-state index contributed by atoms with van der Waals surface area (Å²) in [5.41, 5.74) is 1.17. The molecule has 27 heavy (non-hydrogen) atoms. The summed E-state index contributed by atoms with van der Waals surface area (Å²) in [6, 6.07) is 6.53. The summed E-state index contributed by atoms with van der Waals surface area (Å²) in [5, 5.41) is 4.66. The summed E-state index contributed by atoms with van der Waals surface area (Å²) in [5.74, 6) is -1.18. The number of carbonyl (C=O) groups excluding carboxylic acids is 1. The summed E-state index contributed by atoms with van der Waals surface area (Å²) in [6.07, 6.45) is 0.265. The molecule has 3 rings (SSSR count). The number of carbonyl (C=O) groups is 1. The maximum Gasteiger partial charge on any atom is 0.471 e. The van der Waals surface area contributed by atoms with E-state index in [0.29, 0.717) is 17.9 Å². The molecule has 1 aliphatic rings. The maximum atomic E-state index is 12.5. The van der Waals surface area contributed by atoms with Gasteiger partial charge in [-0.05, 0) is 24.3 Å². The Balaban J connectivity index is 1.63. The van der Waals surface area contributed by atoms with Crippen LogP contribution >= 0.6 is 0 Å². The van der Waals surface area contributed by atoms with Gasteiger partial charge in [0.25, 0.3) is 0 Å². The lowest BCUT2D eigenvalue weighted by atomic mass is 10.0. The van der Waals surface area contributed by atoms with Crippen LogP contribution in [0.25, 0.3) is 11.4 Å². The molecule has 0 unspecified atom stereocenters. The topological polar surface area (TPSA) is 68.5 Å².